The standard InChI is InChI=1S/C36H37FN4O5S/c1-27(39(24-28-10-4-2-5-11-28)25-29-12-6-3-7-13-29)26-46-36(43)38-22-20-31(21-23-38)40-33-14-8-9-15-34(33)41(35(40)42)47(44,45)32-18-16-30(37)17-19-32/h2-19,27,31H,20-26H2,1H3. The number of carbonyl (C=O) groups excluding carboxylic acids is 1. The molecule has 1 aliphatic rings. The highest BCUT2D eigenvalue weighted by atomic mass is 32.2. The lowest BCUT2D eigenvalue weighted by molar-refractivity contribution is 0.0567. The number of hydrogen-bond acceptors (Lipinski definition) is 6. The fraction of sp³-hybridized carbons (Fsp3) is 0.278. The monoisotopic (exact) mass is 656 g/mol. The number of imidazole rings is 1. The smallest absolute Gasteiger partial charge is 0.409 e. The number of amides is 1. The predicted molar refractivity (Wildman–Crippen MR) is 178 cm³/mol. The first-order chi connectivity index (χ1) is 22.7. The van der Waals surface area contributed by atoms with Gasteiger partial charge in [-0.2, -0.15) is 3.97 Å². The molecule has 0 saturated carbocycles. The molecule has 1 aromatic heterocycles. The quantitative estimate of drug-likeness (QED) is 0.182. The summed E-state index contributed by atoms with van der Waals surface area (Å²) in [5, 5.41) is 0. The molecule has 4 aromatic carbocycles. The van der Waals surface area contributed by atoms with E-state index in [1.54, 1.807) is 29.2 Å². The van der Waals surface area contributed by atoms with Gasteiger partial charge in [0.15, 0.2) is 0 Å². The number of nitrogens with zero attached hydrogens (tertiary/aromatic N) is 4. The van der Waals surface area contributed by atoms with E-state index in [1.807, 2.05) is 43.3 Å². The molecule has 5 aromatic rings. The van der Waals surface area contributed by atoms with Crippen LogP contribution in [0.5, 0.6) is 0 Å². The van der Waals surface area contributed by atoms with Gasteiger partial charge >= 0.3 is 11.8 Å². The molecule has 1 atom stereocenters. The summed E-state index contributed by atoms with van der Waals surface area (Å²) in [4.78, 5) is 30.7. The molecule has 2 heterocycles. The molecule has 0 aliphatic carbocycles. The van der Waals surface area contributed by atoms with Crippen LogP contribution in [0.3, 0.4) is 0 Å². The third-order valence-corrected chi connectivity index (χ3v) is 10.4. The molecule has 47 heavy (non-hydrogen) atoms. The van der Waals surface area contributed by atoms with Crippen molar-refractivity contribution >= 4 is 27.1 Å². The van der Waals surface area contributed by atoms with E-state index < -0.39 is 27.6 Å². The number of carbonyl (C=O) groups is 1. The van der Waals surface area contributed by atoms with Crippen molar-refractivity contribution in [3.8, 4) is 0 Å². The first-order valence-electron chi connectivity index (χ1n) is 15.7. The molecule has 9 nitrogen and oxygen atoms in total. The number of likely N-dealkylation sites (tertiary alicyclic amines) is 1. The average Bonchev–Trinajstić information content (AvgIpc) is 3.40. The largest absolute Gasteiger partial charge is 0.448 e. The van der Waals surface area contributed by atoms with Gasteiger partial charge in [-0.3, -0.25) is 9.47 Å². The SMILES string of the molecule is CC(COC(=O)N1CCC(n2c(=O)n(S(=O)(=O)c3ccc(F)cc3)c3ccccc32)CC1)N(Cc1ccccc1)Cc1ccccc1. The number of hydrogen-bond donors (Lipinski definition) is 0. The zero-order valence-electron chi connectivity index (χ0n) is 26.1. The van der Waals surface area contributed by atoms with E-state index in [2.05, 4.69) is 29.2 Å². The summed E-state index contributed by atoms with van der Waals surface area (Å²) in [6, 6.07) is 31.1. The molecule has 1 saturated heterocycles. The normalized spacial score (nSPS) is 14.8. The van der Waals surface area contributed by atoms with E-state index in [9.17, 15) is 22.4 Å². The Labute approximate surface area is 273 Å². The van der Waals surface area contributed by atoms with Crippen molar-refractivity contribution in [2.45, 2.75) is 49.8 Å². The van der Waals surface area contributed by atoms with Crippen LogP contribution >= 0.6 is 0 Å². The molecule has 6 rings (SSSR count). The fourth-order valence-corrected chi connectivity index (χ4v) is 7.54. The number of fused-ring (bicyclic) bond motifs is 1. The Hall–Kier alpha value is -4.74. The highest BCUT2D eigenvalue weighted by Crippen LogP contribution is 2.28. The Bertz CT molecular complexity index is 1950. The van der Waals surface area contributed by atoms with Gasteiger partial charge in [0.25, 0.3) is 10.0 Å². The second kappa shape index (κ2) is 13.9. The van der Waals surface area contributed by atoms with Crippen molar-refractivity contribution < 1.29 is 22.3 Å². The van der Waals surface area contributed by atoms with Crippen LogP contribution in [0, 0.1) is 5.82 Å². The zero-order chi connectivity index (χ0) is 33.0. The fourth-order valence-electron chi connectivity index (χ4n) is 6.14. The molecule has 0 radical (unpaired) electrons. The van der Waals surface area contributed by atoms with Crippen LogP contribution in [0.15, 0.2) is 119 Å². The lowest BCUT2D eigenvalue weighted by Gasteiger charge is -2.33. The van der Waals surface area contributed by atoms with E-state index in [-0.39, 0.29) is 29.1 Å². The number of piperidine rings is 1. The maximum absolute atomic E-state index is 13.8. The van der Waals surface area contributed by atoms with Crippen molar-refractivity contribution in [3.05, 3.63) is 137 Å². The summed E-state index contributed by atoms with van der Waals surface area (Å²) in [7, 11) is -4.29. The van der Waals surface area contributed by atoms with Crippen molar-refractivity contribution in [1.82, 2.24) is 18.3 Å². The Kier molecular flexibility index (Phi) is 9.55. The van der Waals surface area contributed by atoms with E-state index in [0.29, 0.717) is 44.5 Å². The topological polar surface area (TPSA) is 93.8 Å². The van der Waals surface area contributed by atoms with Crippen LogP contribution in [0.1, 0.15) is 36.9 Å². The first-order valence-corrected chi connectivity index (χ1v) is 17.1. The summed E-state index contributed by atoms with van der Waals surface area (Å²) in [6.45, 7) is 4.39. The number of benzene rings is 4. The Morgan fingerprint density at radius 2 is 1.36 bits per heavy atom. The Morgan fingerprint density at radius 3 is 1.94 bits per heavy atom. The van der Waals surface area contributed by atoms with Gasteiger partial charge < -0.3 is 9.64 Å². The second-order valence-electron chi connectivity index (χ2n) is 11.9. The molecular weight excluding hydrogens is 619 g/mol. The summed E-state index contributed by atoms with van der Waals surface area (Å²) >= 11 is 0. The van der Waals surface area contributed by atoms with Crippen molar-refractivity contribution in [2.75, 3.05) is 19.7 Å². The summed E-state index contributed by atoms with van der Waals surface area (Å²) in [6.07, 6.45) is 0.482. The average molecular weight is 657 g/mol. The van der Waals surface area contributed by atoms with Gasteiger partial charge in [0.1, 0.15) is 12.4 Å². The van der Waals surface area contributed by atoms with E-state index in [0.717, 1.165) is 28.2 Å². The molecule has 0 spiro atoms. The molecule has 1 unspecified atom stereocenters. The number of ether oxygens (including phenoxy) is 1. The molecular formula is C36H37FN4O5S. The van der Waals surface area contributed by atoms with Crippen molar-refractivity contribution in [1.29, 1.82) is 0 Å². The molecule has 1 fully saturated rings. The highest BCUT2D eigenvalue weighted by Gasteiger charge is 2.31. The van der Waals surface area contributed by atoms with Crippen LogP contribution in [0.25, 0.3) is 11.0 Å². The summed E-state index contributed by atoms with van der Waals surface area (Å²) < 4.78 is 48.7. The summed E-state index contributed by atoms with van der Waals surface area (Å²) in [5.41, 5.74) is 2.38. The first kappa shape index (κ1) is 32.2. The van der Waals surface area contributed by atoms with Crippen LogP contribution in [0.4, 0.5) is 9.18 Å². The van der Waals surface area contributed by atoms with Crippen molar-refractivity contribution in [2.24, 2.45) is 0 Å². The lowest BCUT2D eigenvalue weighted by atomic mass is 10.0. The molecule has 1 amide bonds. The Morgan fingerprint density at radius 1 is 0.830 bits per heavy atom. The zero-order valence-corrected chi connectivity index (χ0v) is 26.9. The number of halogens is 1. The summed E-state index contributed by atoms with van der Waals surface area (Å²) in [5.74, 6) is -0.574. The van der Waals surface area contributed by atoms with Gasteiger partial charge in [-0.1, -0.05) is 72.8 Å². The second-order valence-corrected chi connectivity index (χ2v) is 13.7. The van der Waals surface area contributed by atoms with Gasteiger partial charge in [-0.15, -0.1) is 0 Å². The molecule has 0 N–H and O–H groups in total. The predicted octanol–water partition coefficient (Wildman–Crippen LogP) is 6.04. The number of aromatic nitrogens is 2. The van der Waals surface area contributed by atoms with Crippen LogP contribution in [0.2, 0.25) is 0 Å². The highest BCUT2D eigenvalue weighted by molar-refractivity contribution is 7.90. The maximum atomic E-state index is 13.8. The van der Waals surface area contributed by atoms with Gasteiger partial charge in [-0.05, 0) is 67.3 Å². The van der Waals surface area contributed by atoms with Gasteiger partial charge in [-0.25, -0.2) is 22.4 Å². The van der Waals surface area contributed by atoms with Crippen LogP contribution < -0.4 is 5.69 Å². The third-order valence-electron chi connectivity index (χ3n) is 8.71. The third kappa shape index (κ3) is 7.01. The minimum atomic E-state index is -4.29. The van der Waals surface area contributed by atoms with Crippen LogP contribution in [-0.2, 0) is 27.8 Å². The molecule has 0 bridgehead atoms. The minimum absolute atomic E-state index is 0.0512. The van der Waals surface area contributed by atoms with E-state index >= 15 is 0 Å². The van der Waals surface area contributed by atoms with Gasteiger partial charge in [0.2, 0.25) is 0 Å². The number of rotatable bonds is 10. The lowest BCUT2D eigenvalue weighted by Crippen LogP contribution is -2.43. The molecule has 11 heteroatoms. The van der Waals surface area contributed by atoms with Crippen LogP contribution in [-0.4, -0.2) is 58.6 Å². The van der Waals surface area contributed by atoms with Gasteiger partial charge in [0.05, 0.1) is 15.9 Å². The van der Waals surface area contributed by atoms with E-state index in [4.69, 9.17) is 4.74 Å². The van der Waals surface area contributed by atoms with Crippen molar-refractivity contribution in [3.63, 3.8) is 0 Å². The number of para-hydroxylation sites is 2. The van der Waals surface area contributed by atoms with Gasteiger partial charge in [0, 0.05) is 38.3 Å². The molecule has 1 aliphatic heterocycles. The minimum Gasteiger partial charge on any atom is -0.448 e. The Balaban J connectivity index is 1.13. The van der Waals surface area contributed by atoms with E-state index in [1.165, 1.54) is 15.7 Å². The maximum Gasteiger partial charge on any atom is 0.409 e. The molecule has 244 valence electrons.